The first-order valence-electron chi connectivity index (χ1n) is 12.1. The van der Waals surface area contributed by atoms with Crippen molar-refractivity contribution in [3.8, 4) is 23.0 Å². The van der Waals surface area contributed by atoms with Crippen molar-refractivity contribution < 1.29 is 18.0 Å². The number of nitrogen functional groups attached to an aromatic ring is 1. The summed E-state index contributed by atoms with van der Waals surface area (Å²) in [5, 5.41) is 0.574. The molecule has 0 spiro atoms. The predicted molar refractivity (Wildman–Crippen MR) is 135 cm³/mol. The van der Waals surface area contributed by atoms with Crippen molar-refractivity contribution in [3.05, 3.63) is 54.5 Å². The quantitative estimate of drug-likeness (QED) is 0.431. The van der Waals surface area contributed by atoms with Gasteiger partial charge in [0.1, 0.15) is 23.5 Å². The first-order chi connectivity index (χ1) is 17.7. The van der Waals surface area contributed by atoms with Crippen LogP contribution in [0.25, 0.3) is 22.2 Å². The van der Waals surface area contributed by atoms with E-state index in [4.69, 9.17) is 5.73 Å². The lowest BCUT2D eigenvalue weighted by molar-refractivity contribution is -0.137. The highest BCUT2D eigenvalue weighted by atomic mass is 19.4. The van der Waals surface area contributed by atoms with Gasteiger partial charge in [0.05, 0.1) is 10.9 Å². The van der Waals surface area contributed by atoms with Crippen LogP contribution >= 0.6 is 0 Å². The zero-order valence-electron chi connectivity index (χ0n) is 20.4. The van der Waals surface area contributed by atoms with Crippen molar-refractivity contribution in [2.75, 3.05) is 31.9 Å². The number of piperidine rings is 1. The Labute approximate surface area is 212 Å². The third-order valence-corrected chi connectivity index (χ3v) is 7.27. The summed E-state index contributed by atoms with van der Waals surface area (Å²) in [5.74, 6) is 7.03. The minimum atomic E-state index is -4.42. The average molecular weight is 509 g/mol. The number of carbonyl (C=O) groups excluding carboxylic acids is 1. The molecule has 0 bridgehead atoms. The molecule has 1 aromatic carbocycles. The number of nitrogens with zero attached hydrogens (tertiary/aromatic N) is 5. The Morgan fingerprint density at radius 2 is 1.84 bits per heavy atom. The predicted octanol–water partition coefficient (Wildman–Crippen LogP) is 3.70. The molecule has 0 aliphatic carbocycles. The van der Waals surface area contributed by atoms with Gasteiger partial charge < -0.3 is 15.2 Å². The highest BCUT2D eigenvalue weighted by molar-refractivity contribution is 6.03. The van der Waals surface area contributed by atoms with Crippen LogP contribution in [-0.4, -0.2) is 62.5 Å². The number of hydrogen-bond donors (Lipinski definition) is 1. The Morgan fingerprint density at radius 3 is 2.46 bits per heavy atom. The Bertz CT molecular complexity index is 1400. The summed E-state index contributed by atoms with van der Waals surface area (Å²) < 4.78 is 41.2. The Hall–Kier alpha value is -3.84. The van der Waals surface area contributed by atoms with E-state index >= 15 is 0 Å². The molecular weight excluding hydrogens is 481 g/mol. The molecule has 192 valence electrons. The van der Waals surface area contributed by atoms with E-state index in [1.807, 2.05) is 16.5 Å². The summed E-state index contributed by atoms with van der Waals surface area (Å²) in [5.41, 5.74) is 7.87. The summed E-state index contributed by atoms with van der Waals surface area (Å²) in [4.78, 5) is 24.5. The van der Waals surface area contributed by atoms with Crippen LogP contribution in [-0.2, 0) is 18.0 Å². The van der Waals surface area contributed by atoms with E-state index in [0.29, 0.717) is 33.9 Å². The lowest BCUT2D eigenvalue weighted by Gasteiger charge is -2.45. The molecule has 5 rings (SSSR count). The monoisotopic (exact) mass is 508 g/mol. The topological polar surface area (TPSA) is 80.3 Å². The van der Waals surface area contributed by atoms with E-state index in [0.717, 1.165) is 51.2 Å². The fourth-order valence-corrected chi connectivity index (χ4v) is 5.18. The number of nitrogens with two attached hydrogens (primary N) is 1. The molecule has 37 heavy (non-hydrogen) atoms. The number of fused-ring (bicyclic) bond motifs is 1. The number of benzene rings is 1. The SMILES string of the molecule is C=CC(=O)N1CCC(N2CC(C#Cc3c(-c4ccc(C(F)(F)F)cc4)c4c(N)ncnc4n3C)C2)CC1. The smallest absolute Gasteiger partial charge is 0.383 e. The Morgan fingerprint density at radius 1 is 1.16 bits per heavy atom. The minimum absolute atomic E-state index is 0.0186. The standard InChI is InChI=1S/C27H27F3N6O/c1-3-22(37)35-12-10-20(11-13-35)36-14-17(15-36)4-9-21-23(18-5-7-19(8-6-18)27(28,29)30)24-25(31)32-16-33-26(24)34(21)2/h3,5-8,16-17,20H,1,10-15H2,2H3,(H2,31,32,33). The molecule has 2 aromatic heterocycles. The summed E-state index contributed by atoms with van der Waals surface area (Å²) in [6.45, 7) is 6.71. The highest BCUT2D eigenvalue weighted by Gasteiger charge is 2.34. The summed E-state index contributed by atoms with van der Waals surface area (Å²) in [6, 6.07) is 5.42. The van der Waals surface area contributed by atoms with Gasteiger partial charge in [0, 0.05) is 50.7 Å². The molecule has 2 saturated heterocycles. The Balaban J connectivity index is 1.38. The average Bonchev–Trinajstić information content (AvgIpc) is 3.15. The van der Waals surface area contributed by atoms with Crippen molar-refractivity contribution in [2.24, 2.45) is 13.0 Å². The number of aromatic nitrogens is 3. The number of carbonyl (C=O) groups is 1. The molecule has 7 nitrogen and oxygen atoms in total. The van der Waals surface area contributed by atoms with Gasteiger partial charge in [0.2, 0.25) is 5.91 Å². The molecule has 2 N–H and O–H groups in total. The van der Waals surface area contributed by atoms with E-state index in [1.54, 1.807) is 0 Å². The molecular formula is C27H27F3N6O. The third kappa shape index (κ3) is 4.67. The molecule has 2 fully saturated rings. The van der Waals surface area contributed by atoms with Gasteiger partial charge >= 0.3 is 6.18 Å². The zero-order valence-corrected chi connectivity index (χ0v) is 20.4. The van der Waals surface area contributed by atoms with Crippen LogP contribution in [0.2, 0.25) is 0 Å². The van der Waals surface area contributed by atoms with Gasteiger partial charge in [0.15, 0.2) is 0 Å². The molecule has 3 aromatic rings. The second kappa shape index (κ2) is 9.56. The molecule has 4 heterocycles. The van der Waals surface area contributed by atoms with Crippen molar-refractivity contribution in [1.29, 1.82) is 0 Å². The molecule has 0 unspecified atom stereocenters. The van der Waals surface area contributed by atoms with Crippen molar-refractivity contribution in [1.82, 2.24) is 24.3 Å². The summed E-state index contributed by atoms with van der Waals surface area (Å²) in [6.07, 6.45) is 0.164. The number of hydrogen-bond acceptors (Lipinski definition) is 5. The zero-order chi connectivity index (χ0) is 26.3. The molecule has 10 heteroatoms. The molecule has 2 aliphatic heterocycles. The molecule has 2 aliphatic rings. The minimum Gasteiger partial charge on any atom is -0.383 e. The van der Waals surface area contributed by atoms with Crippen LogP contribution in [0.15, 0.2) is 43.2 Å². The highest BCUT2D eigenvalue weighted by Crippen LogP contribution is 2.37. The maximum absolute atomic E-state index is 13.1. The van der Waals surface area contributed by atoms with Crippen LogP contribution in [0.5, 0.6) is 0 Å². The summed E-state index contributed by atoms with van der Waals surface area (Å²) >= 11 is 0. The second-order valence-electron chi connectivity index (χ2n) is 9.50. The number of amides is 1. The van der Waals surface area contributed by atoms with E-state index in [9.17, 15) is 18.0 Å². The van der Waals surface area contributed by atoms with Crippen molar-refractivity contribution >= 4 is 22.8 Å². The first kappa shape index (κ1) is 24.8. The number of likely N-dealkylation sites (tertiary alicyclic amines) is 2. The number of alkyl halides is 3. The largest absolute Gasteiger partial charge is 0.416 e. The normalized spacial score (nSPS) is 17.4. The lowest BCUT2D eigenvalue weighted by atomic mass is 9.93. The molecule has 0 atom stereocenters. The second-order valence-corrected chi connectivity index (χ2v) is 9.50. The number of anilines is 1. The summed E-state index contributed by atoms with van der Waals surface area (Å²) in [7, 11) is 1.82. The van der Waals surface area contributed by atoms with Gasteiger partial charge in [-0.1, -0.05) is 24.6 Å². The molecule has 1 amide bonds. The number of aryl methyl sites for hydroxylation is 1. The van der Waals surface area contributed by atoms with Gasteiger partial charge in [-0.2, -0.15) is 13.2 Å². The first-order valence-corrected chi connectivity index (χ1v) is 12.1. The van der Waals surface area contributed by atoms with Gasteiger partial charge in [0.25, 0.3) is 0 Å². The number of halogens is 3. The lowest BCUT2D eigenvalue weighted by Crippen LogP contribution is -2.55. The van der Waals surface area contributed by atoms with Crippen LogP contribution in [0, 0.1) is 17.8 Å². The molecule has 0 saturated carbocycles. The van der Waals surface area contributed by atoms with Crippen LogP contribution in [0.4, 0.5) is 19.0 Å². The van der Waals surface area contributed by atoms with Crippen LogP contribution in [0.1, 0.15) is 24.1 Å². The van der Waals surface area contributed by atoms with E-state index < -0.39 is 11.7 Å². The molecule has 0 radical (unpaired) electrons. The Kier molecular flexibility index (Phi) is 6.42. The maximum atomic E-state index is 13.1. The third-order valence-electron chi connectivity index (χ3n) is 7.27. The van der Waals surface area contributed by atoms with Crippen LogP contribution < -0.4 is 5.73 Å². The van der Waals surface area contributed by atoms with Crippen molar-refractivity contribution in [2.45, 2.75) is 25.1 Å². The van der Waals surface area contributed by atoms with Gasteiger partial charge in [-0.15, -0.1) is 0 Å². The number of rotatable bonds is 3. The van der Waals surface area contributed by atoms with E-state index in [1.165, 1.54) is 24.5 Å². The van der Waals surface area contributed by atoms with Crippen molar-refractivity contribution in [3.63, 3.8) is 0 Å². The van der Waals surface area contributed by atoms with E-state index in [2.05, 4.69) is 33.3 Å². The fraction of sp³-hybridized carbons (Fsp3) is 0.370. The van der Waals surface area contributed by atoms with Crippen LogP contribution in [0.3, 0.4) is 0 Å². The van der Waals surface area contributed by atoms with Gasteiger partial charge in [-0.05, 0) is 42.5 Å². The maximum Gasteiger partial charge on any atom is 0.416 e. The van der Waals surface area contributed by atoms with E-state index in [-0.39, 0.29) is 17.6 Å². The fourth-order valence-electron chi connectivity index (χ4n) is 5.18. The van der Waals surface area contributed by atoms with Gasteiger partial charge in [-0.3, -0.25) is 9.69 Å². The van der Waals surface area contributed by atoms with Gasteiger partial charge in [-0.25, -0.2) is 9.97 Å².